The van der Waals surface area contributed by atoms with E-state index < -0.39 is 0 Å². The van der Waals surface area contributed by atoms with E-state index in [-0.39, 0.29) is 0 Å². The Labute approximate surface area is 111 Å². The minimum atomic E-state index is 0.413. The molecule has 1 nitrogen and oxygen atoms in total. The molecule has 0 bridgehead atoms. The van der Waals surface area contributed by atoms with Gasteiger partial charge in [0.15, 0.2) is 0 Å². The molecule has 0 radical (unpaired) electrons. The standard InChI is InChI=1S/C17H25N/c1-13-12-17(10-6-3-7-11-17)18-14(2)16-9-5-4-8-15(13)16/h4-5,8-9,13-14,18H,3,6-7,10-12H2,1-2H3/t13-,14-/m0/s1. The van der Waals surface area contributed by atoms with E-state index in [2.05, 4.69) is 43.4 Å². The molecule has 2 aliphatic rings. The zero-order valence-electron chi connectivity index (χ0n) is 11.7. The fraction of sp³-hybridized carbons (Fsp3) is 0.647. The van der Waals surface area contributed by atoms with Gasteiger partial charge in [0.05, 0.1) is 0 Å². The van der Waals surface area contributed by atoms with Gasteiger partial charge in [0.2, 0.25) is 0 Å². The van der Waals surface area contributed by atoms with Crippen LogP contribution in [0.15, 0.2) is 24.3 Å². The van der Waals surface area contributed by atoms with Crippen molar-refractivity contribution < 1.29 is 0 Å². The highest BCUT2D eigenvalue weighted by atomic mass is 15.0. The van der Waals surface area contributed by atoms with Crippen molar-refractivity contribution in [1.29, 1.82) is 0 Å². The third-order valence-corrected chi connectivity index (χ3v) is 5.02. The molecule has 1 heterocycles. The molecular formula is C17H25N. The fourth-order valence-electron chi connectivity index (χ4n) is 4.22. The minimum absolute atomic E-state index is 0.413. The Kier molecular flexibility index (Phi) is 3.19. The zero-order valence-corrected chi connectivity index (χ0v) is 11.7. The lowest BCUT2D eigenvalue weighted by atomic mass is 9.75. The number of hydrogen-bond acceptors (Lipinski definition) is 1. The molecule has 98 valence electrons. The molecule has 2 atom stereocenters. The quantitative estimate of drug-likeness (QED) is 0.705. The molecule has 1 N–H and O–H groups in total. The maximum absolute atomic E-state index is 3.98. The van der Waals surface area contributed by atoms with Crippen molar-refractivity contribution in [3.05, 3.63) is 35.4 Å². The molecule has 3 rings (SSSR count). The van der Waals surface area contributed by atoms with Crippen molar-refractivity contribution >= 4 is 0 Å². The molecule has 1 aromatic carbocycles. The Morgan fingerprint density at radius 1 is 1.00 bits per heavy atom. The van der Waals surface area contributed by atoms with Gasteiger partial charge in [-0.05, 0) is 43.2 Å². The Morgan fingerprint density at radius 2 is 1.67 bits per heavy atom. The van der Waals surface area contributed by atoms with E-state index in [1.165, 1.54) is 44.1 Å². The summed E-state index contributed by atoms with van der Waals surface area (Å²) >= 11 is 0. The topological polar surface area (TPSA) is 12.0 Å². The lowest BCUT2D eigenvalue weighted by Crippen LogP contribution is -2.47. The van der Waals surface area contributed by atoms with Gasteiger partial charge in [0.1, 0.15) is 0 Å². The highest BCUT2D eigenvalue weighted by molar-refractivity contribution is 5.34. The van der Waals surface area contributed by atoms with Gasteiger partial charge in [-0.3, -0.25) is 0 Å². The van der Waals surface area contributed by atoms with Crippen molar-refractivity contribution in [2.45, 2.75) is 69.9 Å². The maximum atomic E-state index is 3.98. The summed E-state index contributed by atoms with van der Waals surface area (Å²) < 4.78 is 0. The van der Waals surface area contributed by atoms with E-state index in [4.69, 9.17) is 0 Å². The first-order valence-corrected chi connectivity index (χ1v) is 7.57. The smallest absolute Gasteiger partial charge is 0.0299 e. The van der Waals surface area contributed by atoms with Crippen molar-refractivity contribution in [3.63, 3.8) is 0 Å². The summed E-state index contributed by atoms with van der Waals surface area (Å²) in [7, 11) is 0. The first-order chi connectivity index (χ1) is 8.70. The summed E-state index contributed by atoms with van der Waals surface area (Å²) in [5.74, 6) is 0.691. The average molecular weight is 243 g/mol. The lowest BCUT2D eigenvalue weighted by Gasteiger charge is -2.40. The first-order valence-electron chi connectivity index (χ1n) is 7.57. The normalized spacial score (nSPS) is 30.8. The summed E-state index contributed by atoms with van der Waals surface area (Å²) in [5, 5.41) is 3.98. The van der Waals surface area contributed by atoms with Crippen LogP contribution in [0.1, 0.15) is 75.5 Å². The van der Waals surface area contributed by atoms with E-state index in [1.807, 2.05) is 0 Å². The second kappa shape index (κ2) is 4.70. The third kappa shape index (κ3) is 2.09. The van der Waals surface area contributed by atoms with Crippen LogP contribution in [0.3, 0.4) is 0 Å². The molecule has 1 aliphatic heterocycles. The van der Waals surface area contributed by atoms with Crippen molar-refractivity contribution in [1.82, 2.24) is 5.32 Å². The second-order valence-electron chi connectivity index (χ2n) is 6.44. The Hall–Kier alpha value is -0.820. The molecule has 18 heavy (non-hydrogen) atoms. The van der Waals surface area contributed by atoms with Gasteiger partial charge >= 0.3 is 0 Å². The van der Waals surface area contributed by atoms with Crippen LogP contribution in [0, 0.1) is 0 Å². The molecule has 1 saturated carbocycles. The summed E-state index contributed by atoms with van der Waals surface area (Å²) in [6.45, 7) is 4.75. The van der Waals surface area contributed by atoms with Gasteiger partial charge in [0, 0.05) is 11.6 Å². The van der Waals surface area contributed by atoms with Crippen LogP contribution < -0.4 is 5.32 Å². The van der Waals surface area contributed by atoms with Gasteiger partial charge in [-0.1, -0.05) is 50.5 Å². The molecule has 0 aromatic heterocycles. The second-order valence-corrected chi connectivity index (χ2v) is 6.44. The Bertz CT molecular complexity index is 384. The summed E-state index contributed by atoms with van der Waals surface area (Å²) in [5.41, 5.74) is 3.50. The summed E-state index contributed by atoms with van der Waals surface area (Å²) in [6, 6.07) is 9.53. The average Bonchev–Trinajstić information content (AvgIpc) is 2.48. The molecule has 1 aliphatic carbocycles. The fourth-order valence-corrected chi connectivity index (χ4v) is 4.22. The number of fused-ring (bicyclic) bond motifs is 1. The predicted octanol–water partition coefficient (Wildman–Crippen LogP) is 4.55. The van der Waals surface area contributed by atoms with E-state index in [0.717, 1.165) is 0 Å². The van der Waals surface area contributed by atoms with E-state index in [0.29, 0.717) is 17.5 Å². The van der Waals surface area contributed by atoms with Crippen molar-refractivity contribution in [2.24, 2.45) is 0 Å². The Morgan fingerprint density at radius 3 is 2.39 bits per heavy atom. The van der Waals surface area contributed by atoms with Gasteiger partial charge in [0.25, 0.3) is 0 Å². The molecule has 0 saturated heterocycles. The monoisotopic (exact) mass is 243 g/mol. The number of benzene rings is 1. The number of hydrogen-bond donors (Lipinski definition) is 1. The van der Waals surface area contributed by atoms with Gasteiger partial charge < -0.3 is 5.32 Å². The van der Waals surface area contributed by atoms with Crippen molar-refractivity contribution in [3.8, 4) is 0 Å². The number of rotatable bonds is 0. The minimum Gasteiger partial charge on any atom is -0.305 e. The molecular weight excluding hydrogens is 218 g/mol. The van der Waals surface area contributed by atoms with E-state index >= 15 is 0 Å². The number of nitrogens with one attached hydrogen (secondary N) is 1. The van der Waals surface area contributed by atoms with Crippen LogP contribution in [0.2, 0.25) is 0 Å². The van der Waals surface area contributed by atoms with Crippen LogP contribution >= 0.6 is 0 Å². The Balaban J connectivity index is 1.95. The van der Waals surface area contributed by atoms with Crippen LogP contribution in [0.5, 0.6) is 0 Å². The van der Waals surface area contributed by atoms with Crippen LogP contribution in [0.25, 0.3) is 0 Å². The van der Waals surface area contributed by atoms with Crippen LogP contribution in [-0.2, 0) is 0 Å². The maximum Gasteiger partial charge on any atom is 0.0299 e. The largest absolute Gasteiger partial charge is 0.305 e. The van der Waals surface area contributed by atoms with Crippen LogP contribution in [-0.4, -0.2) is 5.54 Å². The van der Waals surface area contributed by atoms with E-state index in [1.54, 1.807) is 5.56 Å². The molecule has 0 amide bonds. The van der Waals surface area contributed by atoms with Crippen LogP contribution in [0.4, 0.5) is 0 Å². The molecule has 1 fully saturated rings. The zero-order chi connectivity index (χ0) is 12.6. The molecule has 0 unspecified atom stereocenters. The van der Waals surface area contributed by atoms with Gasteiger partial charge in [-0.2, -0.15) is 0 Å². The van der Waals surface area contributed by atoms with Gasteiger partial charge in [-0.15, -0.1) is 0 Å². The summed E-state index contributed by atoms with van der Waals surface area (Å²) in [6.07, 6.45) is 8.30. The lowest BCUT2D eigenvalue weighted by molar-refractivity contribution is 0.195. The molecule has 1 aromatic rings. The molecule has 1 spiro atoms. The third-order valence-electron chi connectivity index (χ3n) is 5.02. The highest BCUT2D eigenvalue weighted by Gasteiger charge is 2.37. The SMILES string of the molecule is C[C@@H]1NC2(CCCCC2)C[C@H](C)c2ccccc21. The van der Waals surface area contributed by atoms with Crippen molar-refractivity contribution in [2.75, 3.05) is 0 Å². The highest BCUT2D eigenvalue weighted by Crippen LogP contribution is 2.42. The predicted molar refractivity (Wildman–Crippen MR) is 76.8 cm³/mol. The van der Waals surface area contributed by atoms with Gasteiger partial charge in [-0.25, -0.2) is 0 Å². The van der Waals surface area contributed by atoms with E-state index in [9.17, 15) is 0 Å². The first kappa shape index (κ1) is 12.2. The summed E-state index contributed by atoms with van der Waals surface area (Å²) in [4.78, 5) is 0. The molecule has 1 heteroatoms.